The quantitative estimate of drug-likeness (QED) is 0.181. The number of esters is 1. The molecule has 0 fully saturated rings. The lowest BCUT2D eigenvalue weighted by Gasteiger charge is -2.40. The van der Waals surface area contributed by atoms with Crippen LogP contribution in [0.15, 0.2) is 0 Å². The average Bonchev–Trinajstić information content (AvgIpc) is 2.64. The number of carbonyl (C=O) groups excluding carboxylic acids is 1. The summed E-state index contributed by atoms with van der Waals surface area (Å²) in [6.07, 6.45) is 14.5. The van der Waals surface area contributed by atoms with Crippen LogP contribution < -0.4 is 0 Å². The minimum Gasteiger partial charge on any atom is -0.455 e. The van der Waals surface area contributed by atoms with E-state index in [-0.39, 0.29) is 17.8 Å². The first kappa shape index (κ1) is 27.4. The number of hydrogen-bond acceptors (Lipinski definition) is 4. The number of rotatable bonds is 17. The van der Waals surface area contributed by atoms with Gasteiger partial charge in [-0.25, -0.2) is 0 Å². The summed E-state index contributed by atoms with van der Waals surface area (Å²) in [5, 5.41) is 10.5. The first-order valence-corrected chi connectivity index (χ1v) is 11.7. The summed E-state index contributed by atoms with van der Waals surface area (Å²) in [6.45, 7) is 10.00. The van der Waals surface area contributed by atoms with Gasteiger partial charge in [-0.3, -0.25) is 9.69 Å². The fourth-order valence-electron chi connectivity index (χ4n) is 3.53. The van der Waals surface area contributed by atoms with E-state index in [1.807, 2.05) is 27.7 Å². The highest BCUT2D eigenvalue weighted by molar-refractivity contribution is 5.72. The molecule has 0 aliphatic carbocycles. The Morgan fingerprint density at radius 1 is 0.893 bits per heavy atom. The van der Waals surface area contributed by atoms with Gasteiger partial charge in [0.15, 0.2) is 5.60 Å². The molecule has 3 unspecified atom stereocenters. The number of ether oxygens (including phenoxy) is 1. The second-order valence-corrected chi connectivity index (χ2v) is 9.32. The summed E-state index contributed by atoms with van der Waals surface area (Å²) in [4.78, 5) is 14.2. The molecule has 0 amide bonds. The number of aliphatic hydroxyl groups excluding tert-OH is 1. The molecule has 0 heterocycles. The molecule has 0 aromatic heterocycles. The molecule has 0 rings (SSSR count). The van der Waals surface area contributed by atoms with Crippen LogP contribution in [-0.4, -0.2) is 41.9 Å². The van der Waals surface area contributed by atoms with Gasteiger partial charge in [-0.1, -0.05) is 98.3 Å². The number of carbonyl (C=O) groups is 1. The molecule has 0 saturated heterocycles. The Hall–Kier alpha value is -0.610. The van der Waals surface area contributed by atoms with E-state index in [1.54, 1.807) is 19.0 Å². The number of unbranched alkanes of at least 4 members (excludes halogenated alkanes) is 10. The maximum absolute atomic E-state index is 12.6. The first-order valence-electron chi connectivity index (χ1n) is 11.7. The van der Waals surface area contributed by atoms with E-state index in [1.165, 1.54) is 64.2 Å². The predicted octanol–water partition coefficient (Wildman–Crippen LogP) is 6.16. The summed E-state index contributed by atoms with van der Waals surface area (Å²) >= 11 is 0. The topological polar surface area (TPSA) is 49.8 Å². The lowest BCUT2D eigenvalue weighted by Crippen LogP contribution is -2.54. The Morgan fingerprint density at radius 3 is 1.71 bits per heavy atom. The number of hydrogen-bond donors (Lipinski definition) is 1. The van der Waals surface area contributed by atoms with E-state index in [9.17, 15) is 9.90 Å². The van der Waals surface area contributed by atoms with Crippen molar-refractivity contribution < 1.29 is 14.6 Å². The molecule has 1 N–H and O–H groups in total. The van der Waals surface area contributed by atoms with Crippen LogP contribution >= 0.6 is 0 Å². The highest BCUT2D eigenvalue weighted by Gasteiger charge is 2.42. The molecule has 0 aliphatic rings. The second-order valence-electron chi connectivity index (χ2n) is 9.32. The lowest BCUT2D eigenvalue weighted by molar-refractivity contribution is -0.200. The molecule has 0 spiro atoms. The highest BCUT2D eigenvalue weighted by Crippen LogP contribution is 2.29. The van der Waals surface area contributed by atoms with Crippen molar-refractivity contribution in [3.63, 3.8) is 0 Å². The van der Waals surface area contributed by atoms with E-state index in [2.05, 4.69) is 6.92 Å². The SMILES string of the molecule is CCCCCCCCCCCCCC(C)C(=O)OC(C)(C(C)C)C(O)N(C)C. The molecular formula is C24H49NO3. The summed E-state index contributed by atoms with van der Waals surface area (Å²) in [6, 6.07) is 0. The summed E-state index contributed by atoms with van der Waals surface area (Å²) < 4.78 is 5.80. The molecule has 0 saturated carbocycles. The van der Waals surface area contributed by atoms with Gasteiger partial charge < -0.3 is 9.84 Å². The van der Waals surface area contributed by atoms with Gasteiger partial charge in [-0.15, -0.1) is 0 Å². The Balaban J connectivity index is 4.00. The fraction of sp³-hybridized carbons (Fsp3) is 0.958. The van der Waals surface area contributed by atoms with Crippen molar-refractivity contribution in [3.05, 3.63) is 0 Å². The lowest BCUT2D eigenvalue weighted by atomic mass is 9.89. The fourth-order valence-corrected chi connectivity index (χ4v) is 3.53. The summed E-state index contributed by atoms with van der Waals surface area (Å²) in [5.74, 6) is -0.279. The van der Waals surface area contributed by atoms with Gasteiger partial charge in [0.1, 0.15) is 6.23 Å². The van der Waals surface area contributed by atoms with Gasteiger partial charge in [-0.2, -0.15) is 0 Å². The highest BCUT2D eigenvalue weighted by atomic mass is 16.6. The van der Waals surface area contributed by atoms with Gasteiger partial charge in [0.25, 0.3) is 0 Å². The molecule has 4 nitrogen and oxygen atoms in total. The van der Waals surface area contributed by atoms with Crippen molar-refractivity contribution in [1.82, 2.24) is 4.90 Å². The summed E-state index contributed by atoms with van der Waals surface area (Å²) in [5.41, 5.74) is -0.897. The Kier molecular flexibility index (Phi) is 14.9. The molecule has 4 heteroatoms. The third kappa shape index (κ3) is 10.8. The van der Waals surface area contributed by atoms with Crippen molar-refractivity contribution in [1.29, 1.82) is 0 Å². The third-order valence-corrected chi connectivity index (χ3v) is 6.11. The third-order valence-electron chi connectivity index (χ3n) is 6.11. The van der Waals surface area contributed by atoms with Crippen molar-refractivity contribution in [3.8, 4) is 0 Å². The van der Waals surface area contributed by atoms with Gasteiger partial charge in [-0.05, 0) is 33.4 Å². The maximum Gasteiger partial charge on any atom is 0.309 e. The molecule has 0 bridgehead atoms. The normalized spacial score (nSPS) is 16.2. The van der Waals surface area contributed by atoms with Crippen LogP contribution in [0, 0.1) is 11.8 Å². The van der Waals surface area contributed by atoms with Gasteiger partial charge in [0, 0.05) is 0 Å². The van der Waals surface area contributed by atoms with Crippen LogP contribution in [0.1, 0.15) is 112 Å². The molecule has 0 aromatic rings. The first-order chi connectivity index (χ1) is 13.2. The van der Waals surface area contributed by atoms with Crippen LogP contribution in [0.25, 0.3) is 0 Å². The van der Waals surface area contributed by atoms with E-state index in [0.717, 1.165) is 12.8 Å². The maximum atomic E-state index is 12.6. The van der Waals surface area contributed by atoms with Crippen molar-refractivity contribution >= 4 is 5.97 Å². The predicted molar refractivity (Wildman–Crippen MR) is 119 cm³/mol. The summed E-state index contributed by atoms with van der Waals surface area (Å²) in [7, 11) is 3.60. The van der Waals surface area contributed by atoms with Crippen LogP contribution in [0.5, 0.6) is 0 Å². The molecule has 28 heavy (non-hydrogen) atoms. The zero-order chi connectivity index (χ0) is 21.6. The van der Waals surface area contributed by atoms with Crippen LogP contribution in [0.4, 0.5) is 0 Å². The molecule has 0 aromatic carbocycles. The average molecular weight is 400 g/mol. The Bertz CT molecular complexity index is 397. The van der Waals surface area contributed by atoms with E-state index < -0.39 is 11.8 Å². The second kappa shape index (κ2) is 15.3. The van der Waals surface area contributed by atoms with Crippen LogP contribution in [0.3, 0.4) is 0 Å². The number of aliphatic hydroxyl groups is 1. The number of likely N-dealkylation sites (N-methyl/N-ethyl adjacent to an activating group) is 1. The zero-order valence-corrected chi connectivity index (χ0v) is 19.9. The molecular weight excluding hydrogens is 350 g/mol. The van der Waals surface area contributed by atoms with E-state index in [4.69, 9.17) is 4.74 Å². The van der Waals surface area contributed by atoms with Crippen LogP contribution in [0.2, 0.25) is 0 Å². The Morgan fingerprint density at radius 2 is 1.32 bits per heavy atom. The Labute approximate surface area is 175 Å². The zero-order valence-electron chi connectivity index (χ0n) is 19.9. The van der Waals surface area contributed by atoms with Crippen molar-refractivity contribution in [2.75, 3.05) is 14.1 Å². The van der Waals surface area contributed by atoms with Gasteiger partial charge in [0.2, 0.25) is 0 Å². The minimum absolute atomic E-state index is 0.0306. The van der Waals surface area contributed by atoms with Crippen molar-refractivity contribution in [2.24, 2.45) is 11.8 Å². The van der Waals surface area contributed by atoms with E-state index in [0.29, 0.717) is 0 Å². The molecule has 0 radical (unpaired) electrons. The number of nitrogens with zero attached hydrogens (tertiary/aromatic N) is 1. The molecule has 168 valence electrons. The monoisotopic (exact) mass is 399 g/mol. The largest absolute Gasteiger partial charge is 0.455 e. The smallest absolute Gasteiger partial charge is 0.309 e. The molecule has 0 aliphatic heterocycles. The van der Waals surface area contributed by atoms with Gasteiger partial charge >= 0.3 is 5.97 Å². The van der Waals surface area contributed by atoms with E-state index >= 15 is 0 Å². The van der Waals surface area contributed by atoms with Crippen molar-refractivity contribution in [2.45, 2.75) is 123 Å². The minimum atomic E-state index is -0.897. The van der Waals surface area contributed by atoms with Crippen LogP contribution in [-0.2, 0) is 9.53 Å². The van der Waals surface area contributed by atoms with Gasteiger partial charge in [0.05, 0.1) is 5.92 Å². The molecule has 3 atom stereocenters. The standard InChI is InChI=1S/C24H49NO3/c1-8-9-10-11-12-13-14-15-16-17-18-19-21(4)22(26)28-24(5,20(2)3)23(27)25(6)7/h20-21,23,27H,8-19H2,1-7H3.